The van der Waals surface area contributed by atoms with Crippen molar-refractivity contribution in [2.75, 3.05) is 12.8 Å². The molecule has 0 aliphatic carbocycles. The van der Waals surface area contributed by atoms with E-state index in [1.807, 2.05) is 0 Å². The average Bonchev–Trinajstić information content (AvgIpc) is 2.97. The summed E-state index contributed by atoms with van der Waals surface area (Å²) in [4.78, 5) is 73.7. The van der Waals surface area contributed by atoms with E-state index < -0.39 is 83.1 Å². The Morgan fingerprint density at radius 3 is 2.02 bits per heavy atom. The summed E-state index contributed by atoms with van der Waals surface area (Å²) in [6.45, 7) is -0.883. The highest BCUT2D eigenvalue weighted by molar-refractivity contribution is 7.93. The fourth-order valence-corrected chi connectivity index (χ4v) is 4.26. The van der Waals surface area contributed by atoms with Gasteiger partial charge >= 0.3 is 18.0 Å². The van der Waals surface area contributed by atoms with Crippen LogP contribution in [0, 0.1) is 0 Å². The number of hydrogen-bond acceptors (Lipinski definition) is 10. The van der Waals surface area contributed by atoms with Gasteiger partial charge in [0.15, 0.2) is 9.84 Å². The monoisotopic (exact) mass is 662 g/mol. The Bertz CT molecular complexity index is 1530. The number of carboxylic acid groups (broad SMARTS) is 2. The number of aromatic hydroxyl groups is 1. The number of ether oxygens (including phenoxy) is 1. The van der Waals surface area contributed by atoms with Crippen molar-refractivity contribution >= 4 is 45.6 Å². The van der Waals surface area contributed by atoms with Crippen LogP contribution in [0.15, 0.2) is 66.1 Å². The molecule has 0 bridgehead atoms. The number of aliphatic carboxylic acids is 2. The quantitative estimate of drug-likeness (QED) is 0.116. The molecule has 0 aromatic heterocycles. The van der Waals surface area contributed by atoms with Gasteiger partial charge in [-0.2, -0.15) is 0 Å². The predicted molar refractivity (Wildman–Crippen MR) is 161 cm³/mol. The molecule has 4 amide bonds. The third kappa shape index (κ3) is 14.8. The van der Waals surface area contributed by atoms with Gasteiger partial charge in [-0.15, -0.1) is 0 Å². The molecule has 0 saturated carbocycles. The van der Waals surface area contributed by atoms with Crippen molar-refractivity contribution in [2.45, 2.75) is 44.0 Å². The van der Waals surface area contributed by atoms with Crippen LogP contribution < -0.4 is 21.3 Å². The van der Waals surface area contributed by atoms with Gasteiger partial charge in [-0.3, -0.25) is 24.0 Å². The first-order valence-electron chi connectivity index (χ1n) is 13.6. The number of carbonyl (C=O) groups is 6. The smallest absolute Gasteiger partial charge is 0.408 e. The van der Waals surface area contributed by atoms with Crippen LogP contribution in [0.2, 0.25) is 0 Å². The van der Waals surface area contributed by atoms with Gasteiger partial charge in [-0.25, -0.2) is 13.2 Å². The number of alkyl carbamates (subject to hydrolysis) is 1. The highest BCUT2D eigenvalue weighted by Gasteiger charge is 2.29. The molecule has 0 radical (unpaired) electrons. The van der Waals surface area contributed by atoms with Crippen LogP contribution in [0.5, 0.6) is 5.75 Å². The lowest BCUT2D eigenvalue weighted by molar-refractivity contribution is -0.140. The second kappa shape index (κ2) is 17.7. The second-order valence-electron chi connectivity index (χ2n) is 9.94. The SMILES string of the molecule is CS(=O)(=O)/C=C/C(CC(=O)O)NC(=O)CNC(=O)C(Cc1ccc(O)cc1)NC(=O)[C@H](CC(=O)O)NC(=O)OCc1ccccc1. The number of phenolic OH excluding ortho intramolecular Hbond substituents is 1. The topological polar surface area (TPSA) is 255 Å². The van der Waals surface area contributed by atoms with Gasteiger partial charge in [-0.05, 0) is 23.3 Å². The largest absolute Gasteiger partial charge is 0.508 e. The Labute approximate surface area is 263 Å². The molecule has 0 spiro atoms. The van der Waals surface area contributed by atoms with Gasteiger partial charge in [-0.1, -0.05) is 48.5 Å². The van der Waals surface area contributed by atoms with Gasteiger partial charge in [0.05, 0.1) is 25.4 Å². The molecule has 0 aliphatic heterocycles. The molecule has 0 saturated heterocycles. The van der Waals surface area contributed by atoms with Gasteiger partial charge in [0.1, 0.15) is 24.4 Å². The summed E-state index contributed by atoms with van der Waals surface area (Å²) in [7, 11) is -3.63. The molecule has 248 valence electrons. The first-order valence-corrected chi connectivity index (χ1v) is 15.5. The number of carboxylic acids is 2. The third-order valence-corrected chi connectivity index (χ3v) is 6.58. The molecule has 2 aromatic carbocycles. The molecular formula is C29H34N4O12S. The zero-order valence-corrected chi connectivity index (χ0v) is 25.4. The van der Waals surface area contributed by atoms with E-state index in [1.54, 1.807) is 30.3 Å². The Morgan fingerprint density at radius 1 is 0.804 bits per heavy atom. The van der Waals surface area contributed by atoms with E-state index in [2.05, 4.69) is 21.3 Å². The van der Waals surface area contributed by atoms with E-state index in [0.717, 1.165) is 17.7 Å². The maximum atomic E-state index is 13.1. The molecule has 3 atom stereocenters. The van der Waals surface area contributed by atoms with Crippen LogP contribution in [0.1, 0.15) is 24.0 Å². The first-order chi connectivity index (χ1) is 21.6. The number of sulfone groups is 1. The van der Waals surface area contributed by atoms with E-state index in [4.69, 9.17) is 9.84 Å². The van der Waals surface area contributed by atoms with Gasteiger partial charge in [0.2, 0.25) is 17.7 Å². The molecule has 16 nitrogen and oxygen atoms in total. The van der Waals surface area contributed by atoms with E-state index in [0.29, 0.717) is 11.1 Å². The maximum absolute atomic E-state index is 13.1. The first kappa shape index (κ1) is 36.7. The summed E-state index contributed by atoms with van der Waals surface area (Å²) in [5, 5.41) is 37.8. The lowest BCUT2D eigenvalue weighted by Gasteiger charge is -2.23. The van der Waals surface area contributed by atoms with E-state index in [9.17, 15) is 47.4 Å². The molecule has 7 N–H and O–H groups in total. The number of amides is 4. The average molecular weight is 663 g/mol. The zero-order chi connectivity index (χ0) is 34.3. The van der Waals surface area contributed by atoms with Crippen LogP contribution in [-0.2, 0) is 51.6 Å². The van der Waals surface area contributed by atoms with Crippen molar-refractivity contribution in [1.82, 2.24) is 21.3 Å². The summed E-state index contributed by atoms with van der Waals surface area (Å²) >= 11 is 0. The third-order valence-electron chi connectivity index (χ3n) is 5.93. The highest BCUT2D eigenvalue weighted by atomic mass is 32.2. The Kier molecular flexibility index (Phi) is 14.2. The number of phenols is 1. The summed E-state index contributed by atoms with van der Waals surface area (Å²) in [6.07, 6.45) is -0.975. The minimum absolute atomic E-state index is 0.0777. The van der Waals surface area contributed by atoms with Crippen LogP contribution in [-0.4, -0.2) is 90.4 Å². The fourth-order valence-electron chi connectivity index (χ4n) is 3.78. The molecular weight excluding hydrogens is 628 g/mol. The van der Waals surface area contributed by atoms with Crippen molar-refractivity contribution in [3.8, 4) is 5.75 Å². The Balaban J connectivity index is 2.15. The molecule has 0 fully saturated rings. The predicted octanol–water partition coefficient (Wildman–Crippen LogP) is -0.177. The molecule has 0 heterocycles. The minimum atomic E-state index is -3.63. The Morgan fingerprint density at radius 2 is 1.43 bits per heavy atom. The van der Waals surface area contributed by atoms with Gasteiger partial charge < -0.3 is 41.3 Å². The van der Waals surface area contributed by atoms with Gasteiger partial charge in [0, 0.05) is 18.1 Å². The highest BCUT2D eigenvalue weighted by Crippen LogP contribution is 2.12. The number of benzene rings is 2. The van der Waals surface area contributed by atoms with E-state index in [1.165, 1.54) is 24.3 Å². The normalized spacial score (nSPS) is 13.1. The zero-order valence-electron chi connectivity index (χ0n) is 24.5. The summed E-state index contributed by atoms with van der Waals surface area (Å²) in [6, 6.07) is 9.77. The molecule has 17 heteroatoms. The van der Waals surface area contributed by atoms with E-state index in [-0.39, 0.29) is 18.8 Å². The van der Waals surface area contributed by atoms with Crippen LogP contribution in [0.25, 0.3) is 0 Å². The van der Waals surface area contributed by atoms with Crippen molar-refractivity contribution in [1.29, 1.82) is 0 Å². The molecule has 0 aliphatic rings. The van der Waals surface area contributed by atoms with Crippen LogP contribution in [0.3, 0.4) is 0 Å². The number of carbonyl (C=O) groups excluding carboxylic acids is 4. The summed E-state index contributed by atoms with van der Waals surface area (Å²) in [5.41, 5.74) is 1.08. The molecule has 2 unspecified atom stereocenters. The number of hydrogen-bond donors (Lipinski definition) is 7. The van der Waals surface area contributed by atoms with Crippen molar-refractivity contribution in [2.24, 2.45) is 0 Å². The van der Waals surface area contributed by atoms with Crippen molar-refractivity contribution in [3.05, 3.63) is 77.2 Å². The minimum Gasteiger partial charge on any atom is -0.508 e. The summed E-state index contributed by atoms with van der Waals surface area (Å²) < 4.78 is 27.9. The maximum Gasteiger partial charge on any atom is 0.408 e. The lowest BCUT2D eigenvalue weighted by Crippen LogP contribution is -2.55. The Hall–Kier alpha value is -5.45. The van der Waals surface area contributed by atoms with Gasteiger partial charge in [0.25, 0.3) is 0 Å². The van der Waals surface area contributed by atoms with E-state index >= 15 is 0 Å². The molecule has 2 rings (SSSR count). The number of nitrogens with one attached hydrogen (secondary N) is 4. The second-order valence-corrected chi connectivity index (χ2v) is 11.9. The standard InChI is InChI=1S/C29H34N4O12S/c1-46(43,44)12-11-20(14-25(36)37)31-24(35)16-30-27(40)22(13-18-7-9-21(34)10-8-18)32-28(41)23(15-26(38)39)33-29(42)45-17-19-5-3-2-4-6-19/h2-12,20,22-23,34H,13-17H2,1H3,(H,30,40)(H,31,35)(H,32,41)(H,33,42)(H,36,37)(H,38,39)/b12-11+/t20?,22?,23-/m0/s1. The van der Waals surface area contributed by atoms with Crippen LogP contribution >= 0.6 is 0 Å². The van der Waals surface area contributed by atoms with Crippen molar-refractivity contribution < 1.29 is 57.2 Å². The number of rotatable bonds is 17. The van der Waals surface area contributed by atoms with Crippen molar-refractivity contribution in [3.63, 3.8) is 0 Å². The van der Waals surface area contributed by atoms with Crippen LogP contribution in [0.4, 0.5) is 4.79 Å². The fraction of sp³-hybridized carbons (Fsp3) is 0.310. The molecule has 46 heavy (non-hydrogen) atoms. The lowest BCUT2D eigenvalue weighted by atomic mass is 10.0. The molecule has 2 aromatic rings. The summed E-state index contributed by atoms with van der Waals surface area (Å²) in [5.74, 6) is -5.73.